The zero-order valence-electron chi connectivity index (χ0n) is 18.9. The summed E-state index contributed by atoms with van der Waals surface area (Å²) in [6.45, 7) is 0.444. The van der Waals surface area contributed by atoms with Gasteiger partial charge in [-0.05, 0) is 78.4 Å². The monoisotopic (exact) mass is 497 g/mol. The van der Waals surface area contributed by atoms with Crippen molar-refractivity contribution in [3.05, 3.63) is 114 Å². The third kappa shape index (κ3) is 5.56. The molecule has 0 atom stereocenters. The summed E-state index contributed by atoms with van der Waals surface area (Å²) in [5.74, 6) is 0.258. The number of anilines is 1. The lowest BCUT2D eigenvalue weighted by molar-refractivity contribution is 0.0977. The minimum absolute atomic E-state index is 0.137. The standard InChI is InChI=1S/C28H20FN3O3S/c29-21-8-4-7-20(15-21)27-31-24-16-22(11-14-25(24)35-27)30-28(36)32-26(33)19-9-12-23(13-10-19)34-17-18-5-2-1-3-6-18/h1-16H,17H2,(H2,30,32,33,36). The van der Waals surface area contributed by atoms with Gasteiger partial charge in [0.15, 0.2) is 10.7 Å². The number of oxazole rings is 1. The molecule has 0 spiro atoms. The molecule has 1 amide bonds. The average molecular weight is 498 g/mol. The number of nitrogens with zero attached hydrogens (tertiary/aromatic N) is 1. The highest BCUT2D eigenvalue weighted by atomic mass is 32.1. The van der Waals surface area contributed by atoms with Gasteiger partial charge in [0.05, 0.1) is 0 Å². The van der Waals surface area contributed by atoms with Crippen molar-refractivity contribution in [1.29, 1.82) is 0 Å². The zero-order chi connectivity index (χ0) is 24.9. The second-order valence-electron chi connectivity index (χ2n) is 7.92. The number of fused-ring (bicyclic) bond motifs is 1. The molecule has 6 nitrogen and oxygen atoms in total. The van der Waals surface area contributed by atoms with Crippen molar-refractivity contribution >= 4 is 40.0 Å². The summed E-state index contributed by atoms with van der Waals surface area (Å²) < 4.78 is 25.0. The highest BCUT2D eigenvalue weighted by Crippen LogP contribution is 2.26. The van der Waals surface area contributed by atoms with Crippen molar-refractivity contribution in [2.45, 2.75) is 6.61 Å². The molecule has 36 heavy (non-hydrogen) atoms. The van der Waals surface area contributed by atoms with E-state index in [4.69, 9.17) is 21.4 Å². The van der Waals surface area contributed by atoms with E-state index in [2.05, 4.69) is 15.6 Å². The van der Waals surface area contributed by atoms with Gasteiger partial charge in [0.1, 0.15) is 23.7 Å². The van der Waals surface area contributed by atoms with Crippen LogP contribution in [0.4, 0.5) is 10.1 Å². The first-order chi connectivity index (χ1) is 17.5. The van der Waals surface area contributed by atoms with E-state index in [1.165, 1.54) is 12.1 Å². The Bertz CT molecular complexity index is 1540. The number of rotatable bonds is 6. The molecule has 178 valence electrons. The van der Waals surface area contributed by atoms with Crippen LogP contribution in [-0.4, -0.2) is 16.0 Å². The van der Waals surface area contributed by atoms with E-state index in [-0.39, 0.29) is 16.8 Å². The van der Waals surface area contributed by atoms with Gasteiger partial charge in [-0.3, -0.25) is 10.1 Å². The summed E-state index contributed by atoms with van der Waals surface area (Å²) >= 11 is 5.30. The van der Waals surface area contributed by atoms with E-state index in [0.29, 0.717) is 46.2 Å². The zero-order valence-corrected chi connectivity index (χ0v) is 19.7. The van der Waals surface area contributed by atoms with Crippen LogP contribution < -0.4 is 15.4 Å². The van der Waals surface area contributed by atoms with Gasteiger partial charge >= 0.3 is 0 Å². The Morgan fingerprint density at radius 1 is 0.944 bits per heavy atom. The van der Waals surface area contributed by atoms with Crippen LogP contribution in [0.25, 0.3) is 22.6 Å². The van der Waals surface area contributed by atoms with Crippen molar-refractivity contribution in [3.63, 3.8) is 0 Å². The van der Waals surface area contributed by atoms with E-state index in [0.717, 1.165) is 5.56 Å². The maximum atomic E-state index is 13.5. The molecular weight excluding hydrogens is 477 g/mol. The average Bonchev–Trinajstić information content (AvgIpc) is 3.32. The fourth-order valence-electron chi connectivity index (χ4n) is 3.53. The minimum atomic E-state index is -0.368. The van der Waals surface area contributed by atoms with Crippen LogP contribution in [0, 0.1) is 5.82 Å². The van der Waals surface area contributed by atoms with Gasteiger partial charge in [-0.15, -0.1) is 0 Å². The molecule has 1 aromatic heterocycles. The Labute approximate surface area is 211 Å². The molecule has 0 aliphatic carbocycles. The van der Waals surface area contributed by atoms with Gasteiger partial charge < -0.3 is 14.5 Å². The van der Waals surface area contributed by atoms with Crippen LogP contribution in [0.1, 0.15) is 15.9 Å². The smallest absolute Gasteiger partial charge is 0.257 e. The quantitative estimate of drug-likeness (QED) is 0.267. The summed E-state index contributed by atoms with van der Waals surface area (Å²) in [4.78, 5) is 17.0. The molecule has 5 rings (SSSR count). The van der Waals surface area contributed by atoms with E-state index >= 15 is 0 Å². The van der Waals surface area contributed by atoms with Crippen LogP contribution in [0.2, 0.25) is 0 Å². The van der Waals surface area contributed by atoms with Crippen LogP contribution >= 0.6 is 12.2 Å². The second kappa shape index (κ2) is 10.4. The molecule has 0 unspecified atom stereocenters. The lowest BCUT2D eigenvalue weighted by Crippen LogP contribution is -2.34. The van der Waals surface area contributed by atoms with Crippen LogP contribution in [0.5, 0.6) is 5.75 Å². The van der Waals surface area contributed by atoms with Gasteiger partial charge in [0, 0.05) is 16.8 Å². The number of thiocarbonyl (C=S) groups is 1. The number of nitrogens with one attached hydrogen (secondary N) is 2. The van der Waals surface area contributed by atoms with Gasteiger partial charge in [-0.1, -0.05) is 36.4 Å². The Morgan fingerprint density at radius 2 is 1.75 bits per heavy atom. The van der Waals surface area contributed by atoms with Gasteiger partial charge in [-0.2, -0.15) is 0 Å². The number of benzene rings is 4. The first-order valence-electron chi connectivity index (χ1n) is 11.1. The lowest BCUT2D eigenvalue weighted by atomic mass is 10.2. The van der Waals surface area contributed by atoms with Crippen molar-refractivity contribution in [2.75, 3.05) is 5.32 Å². The van der Waals surface area contributed by atoms with E-state index in [9.17, 15) is 9.18 Å². The van der Waals surface area contributed by atoms with Gasteiger partial charge in [-0.25, -0.2) is 9.37 Å². The molecule has 5 aromatic rings. The maximum Gasteiger partial charge on any atom is 0.257 e. The summed E-state index contributed by atoms with van der Waals surface area (Å²) in [5.41, 5.74) is 3.78. The SMILES string of the molecule is O=C(NC(=S)Nc1ccc2oc(-c3cccc(F)c3)nc2c1)c1ccc(OCc2ccccc2)cc1. The fraction of sp³-hybridized carbons (Fsp3) is 0.0357. The van der Waals surface area contributed by atoms with Crippen LogP contribution in [0.3, 0.4) is 0 Å². The summed E-state index contributed by atoms with van der Waals surface area (Å²) in [5, 5.41) is 5.77. The maximum absolute atomic E-state index is 13.5. The molecule has 2 N–H and O–H groups in total. The van der Waals surface area contributed by atoms with E-state index < -0.39 is 0 Å². The number of ether oxygens (including phenoxy) is 1. The number of hydrogen-bond donors (Lipinski definition) is 2. The molecule has 0 saturated carbocycles. The van der Waals surface area contributed by atoms with E-state index in [1.807, 2.05) is 30.3 Å². The molecule has 8 heteroatoms. The molecule has 0 fully saturated rings. The van der Waals surface area contributed by atoms with Crippen molar-refractivity contribution in [3.8, 4) is 17.2 Å². The number of carbonyl (C=O) groups excluding carboxylic acids is 1. The molecule has 0 bridgehead atoms. The number of aromatic nitrogens is 1. The molecule has 4 aromatic carbocycles. The first-order valence-corrected chi connectivity index (χ1v) is 11.5. The largest absolute Gasteiger partial charge is 0.489 e. The second-order valence-corrected chi connectivity index (χ2v) is 8.33. The minimum Gasteiger partial charge on any atom is -0.489 e. The van der Waals surface area contributed by atoms with Crippen molar-refractivity contribution < 1.29 is 18.3 Å². The van der Waals surface area contributed by atoms with Crippen LogP contribution in [-0.2, 0) is 6.61 Å². The summed E-state index contributed by atoms with van der Waals surface area (Å²) in [7, 11) is 0. The van der Waals surface area contributed by atoms with Crippen molar-refractivity contribution in [2.24, 2.45) is 0 Å². The Kier molecular flexibility index (Phi) is 6.68. The molecular formula is C28H20FN3O3S. The van der Waals surface area contributed by atoms with Gasteiger partial charge in [0.25, 0.3) is 5.91 Å². The predicted molar refractivity (Wildman–Crippen MR) is 140 cm³/mol. The van der Waals surface area contributed by atoms with Gasteiger partial charge in [0.2, 0.25) is 5.89 Å². The molecule has 0 aliphatic heterocycles. The fourth-order valence-corrected chi connectivity index (χ4v) is 3.74. The number of amides is 1. The Morgan fingerprint density at radius 3 is 2.53 bits per heavy atom. The van der Waals surface area contributed by atoms with E-state index in [1.54, 1.807) is 54.6 Å². The summed E-state index contributed by atoms with van der Waals surface area (Å²) in [6, 6.07) is 27.9. The highest BCUT2D eigenvalue weighted by molar-refractivity contribution is 7.80. The third-order valence-electron chi connectivity index (χ3n) is 5.31. The number of halogens is 1. The molecule has 0 radical (unpaired) electrons. The Balaban J connectivity index is 1.19. The normalized spacial score (nSPS) is 10.7. The van der Waals surface area contributed by atoms with Crippen molar-refractivity contribution in [1.82, 2.24) is 10.3 Å². The first kappa shape index (κ1) is 23.2. The number of hydrogen-bond acceptors (Lipinski definition) is 5. The topological polar surface area (TPSA) is 76.4 Å². The third-order valence-corrected chi connectivity index (χ3v) is 5.51. The Hall–Kier alpha value is -4.56. The lowest BCUT2D eigenvalue weighted by Gasteiger charge is -2.10. The molecule has 0 saturated heterocycles. The van der Waals surface area contributed by atoms with Crippen LogP contribution in [0.15, 0.2) is 101 Å². The number of carbonyl (C=O) groups is 1. The molecule has 1 heterocycles. The highest BCUT2D eigenvalue weighted by Gasteiger charge is 2.12. The summed E-state index contributed by atoms with van der Waals surface area (Å²) in [6.07, 6.45) is 0. The predicted octanol–water partition coefficient (Wildman–Crippen LogP) is 6.34. The molecule has 0 aliphatic rings.